The predicted molar refractivity (Wildman–Crippen MR) is 44.7 cm³/mol. The number of unbranched alkanes of at least 4 members (excludes halogenated alkanes) is 5. The Kier molecular flexibility index (Phi) is 6.16. The van der Waals surface area contributed by atoms with Crippen LogP contribution in [0.25, 0.3) is 0 Å². The van der Waals surface area contributed by atoms with Crippen molar-refractivity contribution < 1.29 is 5.48 Å². The van der Waals surface area contributed by atoms with E-state index in [0.29, 0.717) is 0 Å². The summed E-state index contributed by atoms with van der Waals surface area (Å²) in [6.07, 6.45) is 7.98. The Bertz CT molecular complexity index is 102. The van der Waals surface area contributed by atoms with Crippen molar-refractivity contribution >= 4 is 0 Å². The van der Waals surface area contributed by atoms with Crippen molar-refractivity contribution in [3.63, 3.8) is 0 Å². The van der Waals surface area contributed by atoms with Crippen LogP contribution in [-0.2, 0) is 5.48 Å². The van der Waals surface area contributed by atoms with E-state index in [-0.39, 0.29) is 0 Å². The Balaban J connectivity index is 2.85. The second-order valence-corrected chi connectivity index (χ2v) is 15.9. The van der Waals surface area contributed by atoms with E-state index in [9.17, 15) is 5.48 Å². The van der Waals surface area contributed by atoms with Crippen molar-refractivity contribution in [1.29, 1.82) is 0 Å². The molecule has 0 heterocycles. The molecule has 0 fully saturated rings. The maximum absolute atomic E-state index is 10.9. The number of rotatable bonds is 7. The summed E-state index contributed by atoms with van der Waals surface area (Å²) in [4.78, 5) is 0. The van der Waals surface area contributed by atoms with E-state index in [0.717, 1.165) is 6.92 Å². The normalized spacial score (nSPS) is 10.0. The van der Waals surface area contributed by atoms with E-state index in [2.05, 4.69) is 6.92 Å². The van der Waals surface area contributed by atoms with Gasteiger partial charge in [-0.15, -0.1) is 0 Å². The molecule has 0 aromatic heterocycles. The third kappa shape index (κ3) is 8.80. The van der Waals surface area contributed by atoms with Gasteiger partial charge in [0, 0.05) is 0 Å². The summed E-state index contributed by atoms with van der Waals surface area (Å²) >= 11 is 0. The standard InChI is InChI=1S/C8H17.CH3.Db.O/c1-3-5-7-8-6-4-2;;;/h1,3-8H2,2H3;1H3;;. The van der Waals surface area contributed by atoms with Gasteiger partial charge in [0.2, 0.25) is 0 Å². The fraction of sp³-hybridized carbons (Fsp3) is 1.00. The van der Waals surface area contributed by atoms with E-state index in [1.54, 1.807) is 0 Å². The Morgan fingerprint density at radius 3 is 2.09 bits per heavy atom. The molecule has 0 unspecified atom stereocenters. The number of hydrogen-bond acceptors (Lipinski definition) is 1. The summed E-state index contributed by atoms with van der Waals surface area (Å²) < 4.78 is -2.27. The van der Waals surface area contributed by atoms with Crippen LogP contribution in [0.3, 0.4) is 0 Å². The molecule has 0 aromatic carbocycles. The molecule has 0 rings (SSSR count). The minimum atomic E-state index is -2.27. The molecule has 0 N–H and O–H groups in total. The van der Waals surface area contributed by atoms with E-state index in [1.165, 1.54) is 38.5 Å². The first-order valence-corrected chi connectivity index (χ1v) is 18.8. The molecule has 1 nitrogen and oxygen atoms in total. The van der Waals surface area contributed by atoms with Crippen LogP contribution in [0.5, 0.6) is 0 Å². The van der Waals surface area contributed by atoms with E-state index < -0.39 is 0 Å². The van der Waals surface area contributed by atoms with Gasteiger partial charge in [0.25, 0.3) is 0 Å². The summed E-state index contributed by atoms with van der Waals surface area (Å²) in [5, 5.41) is 0. The van der Waals surface area contributed by atoms with Crippen LogP contribution >= 0.6 is 0 Å². The average molecular weight is 412 g/mol. The fourth-order valence-corrected chi connectivity index (χ4v) is 6.12. The third-order valence-electron chi connectivity index (χ3n) is 2.10. The summed E-state index contributed by atoms with van der Waals surface area (Å²) in [6, 6.07) is 0. The molecule has 0 saturated heterocycles. The van der Waals surface area contributed by atoms with Gasteiger partial charge >= 0.3 is 65.3 Å². The van der Waals surface area contributed by atoms with Crippen molar-refractivity contribution in [2.45, 2.75) is 59.8 Å². The molecule has 2 heteroatoms. The number of hydrogen-bond donors (Lipinski definition) is 0. The molecule has 0 radical (unpaired) electrons. The van der Waals surface area contributed by atoms with Crippen LogP contribution in [0.2, 0.25) is 14.4 Å². The van der Waals surface area contributed by atoms with Crippen LogP contribution < -0.4 is 0 Å². The predicted octanol–water partition coefficient (Wildman–Crippen LogP) is 3.78. The first-order valence-electron chi connectivity index (χ1n) is 5.20. The zero-order valence-corrected chi connectivity index (χ0v) is 14.5. The zero-order chi connectivity index (χ0) is 8.53. The summed E-state index contributed by atoms with van der Waals surface area (Å²) in [5.74, 6) is 0. The van der Waals surface area contributed by atoms with Gasteiger partial charge < -0.3 is 0 Å². The van der Waals surface area contributed by atoms with Crippen LogP contribution in [0.4, 0.5) is 0 Å². The maximum atomic E-state index is 10.9. The molecule has 64 valence electrons. The van der Waals surface area contributed by atoms with Crippen molar-refractivity contribution in [2.24, 2.45) is 0 Å². The minimum absolute atomic E-state index is 1.10. The molecule has 0 saturated carbocycles. The summed E-state index contributed by atoms with van der Waals surface area (Å²) in [6.45, 7) is 3.34. The molecule has 0 aliphatic carbocycles. The van der Waals surface area contributed by atoms with E-state index in [4.69, 9.17) is 0 Å². The van der Waals surface area contributed by atoms with Gasteiger partial charge in [0.15, 0.2) is 0 Å². The van der Waals surface area contributed by atoms with Crippen LogP contribution in [0, 0.1) is 0 Å². The summed E-state index contributed by atoms with van der Waals surface area (Å²) in [7, 11) is 1.99. The molecule has 0 spiro atoms. The SMILES string of the molecule is CCCCCCC[CH2][Db]([CH3])=[O]. The first-order chi connectivity index (χ1) is 5.27. The van der Waals surface area contributed by atoms with Crippen molar-refractivity contribution in [1.82, 2.24) is 0 Å². The average Bonchev–Trinajstić information content (AvgIpc) is 1.96. The topological polar surface area (TPSA) is 17.1 Å². The van der Waals surface area contributed by atoms with Crippen molar-refractivity contribution in [3.8, 4) is 0 Å². The van der Waals surface area contributed by atoms with Gasteiger partial charge in [-0.25, -0.2) is 0 Å². The van der Waals surface area contributed by atoms with Crippen LogP contribution in [0.15, 0.2) is 0 Å². The van der Waals surface area contributed by atoms with Gasteiger partial charge in [0.1, 0.15) is 0 Å². The zero-order valence-electron chi connectivity index (χ0n) is 8.07. The molecule has 0 bridgehead atoms. The molecular formula is C9H20DbO. The van der Waals surface area contributed by atoms with Crippen molar-refractivity contribution in [2.75, 3.05) is 0 Å². The second kappa shape index (κ2) is 6.91. The molecule has 0 aliphatic rings. The molecule has 0 atom stereocenters. The second-order valence-electron chi connectivity index (χ2n) is 3.61. The Morgan fingerprint density at radius 1 is 1.00 bits per heavy atom. The van der Waals surface area contributed by atoms with Gasteiger partial charge in [-0.2, -0.15) is 0 Å². The van der Waals surface area contributed by atoms with Gasteiger partial charge in [-0.05, 0) is 0 Å². The molecular weight excluding hydrogens is 392 g/mol. The fourth-order valence-electron chi connectivity index (χ4n) is 1.31. The quantitative estimate of drug-likeness (QED) is 0.582. The molecule has 0 amide bonds. The molecule has 0 aliphatic heterocycles. The van der Waals surface area contributed by atoms with E-state index in [1.807, 2.05) is 7.43 Å². The van der Waals surface area contributed by atoms with Gasteiger partial charge in [-0.3, -0.25) is 0 Å². The van der Waals surface area contributed by atoms with Crippen LogP contribution in [-0.4, -0.2) is 0 Å². The third-order valence-corrected chi connectivity index (χ3v) is 8.91. The Labute approximate surface area is 66.1 Å². The Morgan fingerprint density at radius 2 is 1.55 bits per heavy atom. The van der Waals surface area contributed by atoms with Gasteiger partial charge in [-0.1, -0.05) is 0 Å². The van der Waals surface area contributed by atoms with Gasteiger partial charge in [0.05, 0.1) is 0 Å². The van der Waals surface area contributed by atoms with Crippen molar-refractivity contribution in [3.05, 3.63) is 0 Å². The van der Waals surface area contributed by atoms with Crippen LogP contribution in [0.1, 0.15) is 45.4 Å². The molecule has 0 aromatic rings. The monoisotopic (exact) mass is 412 g/mol. The molecule has 11 heavy (non-hydrogen) atoms. The van der Waals surface area contributed by atoms with E-state index >= 15 is 0 Å². The summed E-state index contributed by atoms with van der Waals surface area (Å²) in [5.41, 5.74) is 10.9. The Hall–Kier alpha value is -1.20. The first kappa shape index (κ1) is 9.80.